The molecular formula is C15H26N4O. The summed E-state index contributed by atoms with van der Waals surface area (Å²) in [4.78, 5) is 9.22. The molecule has 0 aromatic carbocycles. The summed E-state index contributed by atoms with van der Waals surface area (Å²) in [5.41, 5.74) is 3.63. The van der Waals surface area contributed by atoms with Crippen LogP contribution in [0.3, 0.4) is 0 Å². The highest BCUT2D eigenvalue weighted by Crippen LogP contribution is 2.46. The average molecular weight is 278 g/mol. The van der Waals surface area contributed by atoms with Crippen molar-refractivity contribution in [1.82, 2.24) is 9.97 Å². The maximum absolute atomic E-state index is 5.86. The van der Waals surface area contributed by atoms with Crippen molar-refractivity contribution in [3.8, 4) is 0 Å². The molecule has 1 aromatic heterocycles. The zero-order valence-corrected chi connectivity index (χ0v) is 13.0. The van der Waals surface area contributed by atoms with Gasteiger partial charge in [-0.05, 0) is 37.5 Å². The molecule has 0 spiro atoms. The summed E-state index contributed by atoms with van der Waals surface area (Å²) >= 11 is 0. The van der Waals surface area contributed by atoms with Crippen LogP contribution in [0.15, 0.2) is 6.07 Å². The molecular weight excluding hydrogens is 252 g/mol. The number of ether oxygens (including phenoxy) is 1. The van der Waals surface area contributed by atoms with Gasteiger partial charge in [0.15, 0.2) is 5.82 Å². The van der Waals surface area contributed by atoms with E-state index in [1.165, 1.54) is 0 Å². The Balaban J connectivity index is 2.36. The van der Waals surface area contributed by atoms with E-state index < -0.39 is 0 Å². The van der Waals surface area contributed by atoms with Crippen LogP contribution < -0.4 is 11.3 Å². The van der Waals surface area contributed by atoms with Gasteiger partial charge in [-0.3, -0.25) is 0 Å². The molecule has 1 aliphatic rings. The second-order valence-electron chi connectivity index (χ2n) is 6.43. The number of hydrazine groups is 1. The van der Waals surface area contributed by atoms with Crippen LogP contribution in [0.25, 0.3) is 0 Å². The van der Waals surface area contributed by atoms with Gasteiger partial charge in [0.05, 0.1) is 0 Å². The molecule has 3 N–H and O–H groups in total. The molecule has 1 heterocycles. The first-order chi connectivity index (χ1) is 9.44. The molecule has 2 rings (SSSR count). The van der Waals surface area contributed by atoms with E-state index >= 15 is 0 Å². The van der Waals surface area contributed by atoms with Crippen molar-refractivity contribution in [2.75, 3.05) is 12.5 Å². The third kappa shape index (κ3) is 2.94. The predicted octanol–water partition coefficient (Wildman–Crippen LogP) is 2.77. The van der Waals surface area contributed by atoms with E-state index in [2.05, 4.69) is 36.2 Å². The number of nitrogen functional groups attached to an aromatic ring is 1. The van der Waals surface area contributed by atoms with E-state index in [9.17, 15) is 0 Å². The molecule has 0 aliphatic heterocycles. The van der Waals surface area contributed by atoms with Crippen molar-refractivity contribution in [3.05, 3.63) is 17.6 Å². The second-order valence-corrected chi connectivity index (χ2v) is 6.43. The lowest BCUT2D eigenvalue weighted by atomic mass is 9.70. The van der Waals surface area contributed by atoms with Gasteiger partial charge >= 0.3 is 0 Å². The number of hydrogen-bond acceptors (Lipinski definition) is 5. The zero-order valence-electron chi connectivity index (χ0n) is 13.0. The lowest BCUT2D eigenvalue weighted by molar-refractivity contribution is -0.0729. The molecule has 0 unspecified atom stereocenters. The molecule has 1 fully saturated rings. The van der Waals surface area contributed by atoms with Crippen LogP contribution in [0.2, 0.25) is 0 Å². The van der Waals surface area contributed by atoms with Crippen LogP contribution in [0.1, 0.15) is 58.0 Å². The van der Waals surface area contributed by atoms with Crippen molar-refractivity contribution >= 4 is 5.82 Å². The number of methoxy groups -OCH3 is 1. The molecule has 1 aliphatic carbocycles. The van der Waals surface area contributed by atoms with Gasteiger partial charge in [0, 0.05) is 18.9 Å². The standard InChI is InChI=1S/C15H26N4O/c1-5-11-10-12(19-16)18-13(17-11)15(20-4)8-6-14(2,3)7-9-15/h10H,5-9,16H2,1-4H3,(H,17,18,19). The molecule has 0 bridgehead atoms. The number of aromatic nitrogens is 2. The Morgan fingerprint density at radius 1 is 1.25 bits per heavy atom. The molecule has 0 atom stereocenters. The molecule has 5 heteroatoms. The smallest absolute Gasteiger partial charge is 0.162 e. The van der Waals surface area contributed by atoms with Crippen molar-refractivity contribution in [2.24, 2.45) is 11.3 Å². The summed E-state index contributed by atoms with van der Waals surface area (Å²) in [6.45, 7) is 6.70. The van der Waals surface area contributed by atoms with E-state index in [-0.39, 0.29) is 5.60 Å². The first kappa shape index (κ1) is 15.2. The fraction of sp³-hybridized carbons (Fsp3) is 0.733. The molecule has 1 aromatic rings. The number of aryl methyl sites for hydroxylation is 1. The van der Waals surface area contributed by atoms with E-state index in [0.29, 0.717) is 11.2 Å². The van der Waals surface area contributed by atoms with Gasteiger partial charge in [0.25, 0.3) is 0 Å². The van der Waals surface area contributed by atoms with Crippen molar-refractivity contribution < 1.29 is 4.74 Å². The highest BCUT2D eigenvalue weighted by Gasteiger charge is 2.42. The summed E-state index contributed by atoms with van der Waals surface area (Å²) < 4.78 is 5.86. The summed E-state index contributed by atoms with van der Waals surface area (Å²) in [6, 6.07) is 1.89. The number of anilines is 1. The highest BCUT2D eigenvalue weighted by molar-refractivity contribution is 5.35. The predicted molar refractivity (Wildman–Crippen MR) is 80.2 cm³/mol. The zero-order chi connectivity index (χ0) is 14.8. The molecule has 0 radical (unpaired) electrons. The van der Waals surface area contributed by atoms with Gasteiger partial charge < -0.3 is 10.2 Å². The van der Waals surface area contributed by atoms with Crippen LogP contribution in [0, 0.1) is 5.41 Å². The average Bonchev–Trinajstić information content (AvgIpc) is 2.47. The quantitative estimate of drug-likeness (QED) is 0.654. The second kappa shape index (κ2) is 5.66. The van der Waals surface area contributed by atoms with E-state index in [1.807, 2.05) is 6.07 Å². The Labute approximate surface area is 121 Å². The topological polar surface area (TPSA) is 73.1 Å². The molecule has 20 heavy (non-hydrogen) atoms. The van der Waals surface area contributed by atoms with Crippen molar-refractivity contribution in [2.45, 2.75) is 58.5 Å². The maximum atomic E-state index is 5.86. The highest BCUT2D eigenvalue weighted by atomic mass is 16.5. The molecule has 0 amide bonds. The maximum Gasteiger partial charge on any atom is 0.162 e. The summed E-state index contributed by atoms with van der Waals surface area (Å²) in [6.07, 6.45) is 4.99. The normalized spacial score (nSPS) is 20.6. The van der Waals surface area contributed by atoms with Crippen LogP contribution >= 0.6 is 0 Å². The van der Waals surface area contributed by atoms with E-state index in [4.69, 9.17) is 10.6 Å². The fourth-order valence-electron chi connectivity index (χ4n) is 2.81. The Kier molecular flexibility index (Phi) is 4.30. The Hall–Kier alpha value is -1.20. The number of nitrogens with two attached hydrogens (primary N) is 1. The lowest BCUT2D eigenvalue weighted by Gasteiger charge is -2.41. The number of rotatable bonds is 4. The first-order valence-electron chi connectivity index (χ1n) is 7.35. The fourth-order valence-corrected chi connectivity index (χ4v) is 2.81. The van der Waals surface area contributed by atoms with Gasteiger partial charge in [-0.1, -0.05) is 20.8 Å². The van der Waals surface area contributed by atoms with Gasteiger partial charge in [-0.15, -0.1) is 0 Å². The van der Waals surface area contributed by atoms with Crippen LogP contribution in [-0.2, 0) is 16.8 Å². The third-order valence-corrected chi connectivity index (χ3v) is 4.50. The summed E-state index contributed by atoms with van der Waals surface area (Å²) in [7, 11) is 1.76. The Morgan fingerprint density at radius 3 is 2.40 bits per heavy atom. The van der Waals surface area contributed by atoms with Gasteiger partial charge in [-0.25, -0.2) is 15.8 Å². The SMILES string of the molecule is CCc1cc(NN)nc(C2(OC)CCC(C)(C)CC2)n1. The minimum absolute atomic E-state index is 0.369. The number of hydrogen-bond donors (Lipinski definition) is 2. The van der Waals surface area contributed by atoms with E-state index in [0.717, 1.165) is 43.6 Å². The van der Waals surface area contributed by atoms with Gasteiger partial charge in [0.1, 0.15) is 11.4 Å². The molecule has 112 valence electrons. The number of nitrogens with zero attached hydrogens (tertiary/aromatic N) is 2. The van der Waals surface area contributed by atoms with Crippen LogP contribution in [0.5, 0.6) is 0 Å². The summed E-state index contributed by atoms with van der Waals surface area (Å²) in [5.74, 6) is 6.95. The first-order valence-corrected chi connectivity index (χ1v) is 7.35. The molecule has 1 saturated carbocycles. The van der Waals surface area contributed by atoms with Crippen molar-refractivity contribution in [3.63, 3.8) is 0 Å². The van der Waals surface area contributed by atoms with Gasteiger partial charge in [0.2, 0.25) is 0 Å². The minimum atomic E-state index is -0.369. The molecule has 5 nitrogen and oxygen atoms in total. The summed E-state index contributed by atoms with van der Waals surface area (Å²) in [5, 5.41) is 0. The minimum Gasteiger partial charge on any atom is -0.370 e. The van der Waals surface area contributed by atoms with Crippen LogP contribution in [-0.4, -0.2) is 17.1 Å². The Bertz CT molecular complexity index is 441. The lowest BCUT2D eigenvalue weighted by Crippen LogP contribution is -2.38. The van der Waals surface area contributed by atoms with Crippen LogP contribution in [0.4, 0.5) is 5.82 Å². The van der Waals surface area contributed by atoms with Crippen molar-refractivity contribution in [1.29, 1.82) is 0 Å². The van der Waals surface area contributed by atoms with Gasteiger partial charge in [-0.2, -0.15) is 0 Å². The number of nitrogens with one attached hydrogen (secondary N) is 1. The Morgan fingerprint density at radius 2 is 1.90 bits per heavy atom. The molecule has 0 saturated heterocycles. The van der Waals surface area contributed by atoms with E-state index in [1.54, 1.807) is 7.11 Å². The third-order valence-electron chi connectivity index (χ3n) is 4.50. The largest absolute Gasteiger partial charge is 0.370 e. The monoisotopic (exact) mass is 278 g/mol.